The van der Waals surface area contributed by atoms with Crippen molar-refractivity contribution in [3.8, 4) is 0 Å². The number of carbonyl (C=O) groups is 1. The Kier molecular flexibility index (Phi) is 5.73. The van der Waals surface area contributed by atoms with E-state index in [0.717, 1.165) is 13.1 Å². The molecule has 0 fully saturated rings. The molecule has 1 N–H and O–H groups in total. The lowest BCUT2D eigenvalue weighted by molar-refractivity contribution is 0.0690. The third-order valence-corrected chi connectivity index (χ3v) is 2.69. The van der Waals surface area contributed by atoms with Crippen LogP contribution in [0.1, 0.15) is 24.3 Å². The number of methoxy groups -OCH3 is 1. The molecular weight excluding hydrogens is 236 g/mol. The first-order chi connectivity index (χ1) is 8.54. The SMILES string of the molecule is COCCN(CCn1cc(C(=O)O)nn1)C(C)C. The van der Waals surface area contributed by atoms with E-state index in [1.54, 1.807) is 11.8 Å². The highest BCUT2D eigenvalue weighted by molar-refractivity contribution is 5.84. The summed E-state index contributed by atoms with van der Waals surface area (Å²) in [7, 11) is 1.68. The van der Waals surface area contributed by atoms with E-state index in [1.165, 1.54) is 6.20 Å². The second-order valence-electron chi connectivity index (χ2n) is 4.29. The van der Waals surface area contributed by atoms with Gasteiger partial charge >= 0.3 is 5.97 Å². The van der Waals surface area contributed by atoms with Gasteiger partial charge in [-0.05, 0) is 13.8 Å². The summed E-state index contributed by atoms with van der Waals surface area (Å²) >= 11 is 0. The fourth-order valence-electron chi connectivity index (χ4n) is 1.57. The van der Waals surface area contributed by atoms with E-state index in [1.807, 2.05) is 0 Å². The fraction of sp³-hybridized carbons (Fsp3) is 0.727. The normalized spacial score (nSPS) is 11.4. The molecule has 0 saturated heterocycles. The molecule has 102 valence electrons. The van der Waals surface area contributed by atoms with E-state index in [-0.39, 0.29) is 5.69 Å². The summed E-state index contributed by atoms with van der Waals surface area (Å²) in [6, 6.07) is 0.405. The minimum atomic E-state index is -1.05. The number of nitrogens with zero attached hydrogens (tertiary/aromatic N) is 4. The van der Waals surface area contributed by atoms with Crippen LogP contribution in [0.15, 0.2) is 6.20 Å². The van der Waals surface area contributed by atoms with Gasteiger partial charge in [0.25, 0.3) is 0 Å². The lowest BCUT2D eigenvalue weighted by atomic mass is 10.3. The van der Waals surface area contributed by atoms with Gasteiger partial charge in [0.2, 0.25) is 0 Å². The fourth-order valence-corrected chi connectivity index (χ4v) is 1.57. The maximum absolute atomic E-state index is 10.7. The predicted molar refractivity (Wildman–Crippen MR) is 65.6 cm³/mol. The van der Waals surface area contributed by atoms with Crippen molar-refractivity contribution < 1.29 is 14.6 Å². The van der Waals surface area contributed by atoms with E-state index >= 15 is 0 Å². The summed E-state index contributed by atoms with van der Waals surface area (Å²) in [5.41, 5.74) is -0.0250. The maximum Gasteiger partial charge on any atom is 0.358 e. The molecule has 1 rings (SSSR count). The molecule has 1 heterocycles. The number of aromatic carboxylic acids is 1. The second kappa shape index (κ2) is 7.07. The average Bonchev–Trinajstić information content (AvgIpc) is 2.77. The highest BCUT2D eigenvalue weighted by atomic mass is 16.5. The third-order valence-electron chi connectivity index (χ3n) is 2.69. The molecule has 0 aliphatic carbocycles. The van der Waals surface area contributed by atoms with Gasteiger partial charge in [-0.15, -0.1) is 5.10 Å². The Balaban J connectivity index is 2.47. The largest absolute Gasteiger partial charge is 0.476 e. The Bertz CT molecular complexity index is 378. The second-order valence-corrected chi connectivity index (χ2v) is 4.29. The van der Waals surface area contributed by atoms with Crippen LogP contribution in [0.4, 0.5) is 0 Å². The average molecular weight is 256 g/mol. The zero-order valence-electron chi connectivity index (χ0n) is 11.0. The van der Waals surface area contributed by atoms with Gasteiger partial charge in [0.1, 0.15) is 0 Å². The molecule has 0 aromatic carbocycles. The van der Waals surface area contributed by atoms with Crippen molar-refractivity contribution in [2.24, 2.45) is 0 Å². The molecule has 0 saturated carbocycles. The van der Waals surface area contributed by atoms with Crippen molar-refractivity contribution in [1.82, 2.24) is 19.9 Å². The topological polar surface area (TPSA) is 80.5 Å². The predicted octanol–water partition coefficient (Wildman–Crippen LogP) is 0.333. The molecule has 7 heteroatoms. The van der Waals surface area contributed by atoms with Crippen LogP contribution in [0.3, 0.4) is 0 Å². The van der Waals surface area contributed by atoms with Crippen LogP contribution in [-0.4, -0.2) is 63.8 Å². The van der Waals surface area contributed by atoms with E-state index in [0.29, 0.717) is 19.2 Å². The van der Waals surface area contributed by atoms with E-state index in [2.05, 4.69) is 29.1 Å². The van der Waals surface area contributed by atoms with Gasteiger partial charge in [0, 0.05) is 26.2 Å². The van der Waals surface area contributed by atoms with Crippen molar-refractivity contribution in [2.75, 3.05) is 26.8 Å². The van der Waals surface area contributed by atoms with Crippen molar-refractivity contribution in [1.29, 1.82) is 0 Å². The molecule has 7 nitrogen and oxygen atoms in total. The van der Waals surface area contributed by atoms with Crippen LogP contribution in [0, 0.1) is 0 Å². The zero-order valence-corrected chi connectivity index (χ0v) is 11.0. The van der Waals surface area contributed by atoms with Crippen LogP contribution in [0.5, 0.6) is 0 Å². The first-order valence-corrected chi connectivity index (χ1v) is 5.91. The van der Waals surface area contributed by atoms with Gasteiger partial charge in [0.05, 0.1) is 19.3 Å². The Morgan fingerprint density at radius 2 is 2.28 bits per heavy atom. The molecule has 1 aromatic rings. The monoisotopic (exact) mass is 256 g/mol. The highest BCUT2D eigenvalue weighted by Gasteiger charge is 2.11. The first kappa shape index (κ1) is 14.6. The lowest BCUT2D eigenvalue weighted by Crippen LogP contribution is -2.36. The minimum absolute atomic E-state index is 0.0250. The molecule has 18 heavy (non-hydrogen) atoms. The molecular formula is C11H20N4O3. The minimum Gasteiger partial charge on any atom is -0.476 e. The van der Waals surface area contributed by atoms with Crippen LogP contribution < -0.4 is 0 Å². The molecule has 0 radical (unpaired) electrons. The van der Waals surface area contributed by atoms with Crippen LogP contribution in [0.25, 0.3) is 0 Å². The standard InChI is InChI=1S/C11H20N4O3/c1-9(2)14(6-7-18-3)4-5-15-8-10(11(16)17)12-13-15/h8-9H,4-7H2,1-3H3,(H,16,17). The van der Waals surface area contributed by atoms with Crippen molar-refractivity contribution in [3.63, 3.8) is 0 Å². The Labute approximate surface area is 106 Å². The molecule has 0 aliphatic rings. The Morgan fingerprint density at radius 1 is 1.56 bits per heavy atom. The summed E-state index contributed by atoms with van der Waals surface area (Å²) < 4.78 is 6.60. The van der Waals surface area contributed by atoms with Gasteiger partial charge in [-0.1, -0.05) is 5.21 Å². The number of hydrogen-bond acceptors (Lipinski definition) is 5. The number of carboxylic acids is 1. The van der Waals surface area contributed by atoms with E-state index in [4.69, 9.17) is 9.84 Å². The number of aromatic nitrogens is 3. The van der Waals surface area contributed by atoms with Gasteiger partial charge in [-0.3, -0.25) is 9.58 Å². The van der Waals surface area contributed by atoms with Gasteiger partial charge in [0.15, 0.2) is 5.69 Å². The summed E-state index contributed by atoms with van der Waals surface area (Å²) in [4.78, 5) is 12.9. The van der Waals surface area contributed by atoms with Crippen LogP contribution in [-0.2, 0) is 11.3 Å². The van der Waals surface area contributed by atoms with Crippen molar-refractivity contribution >= 4 is 5.97 Å². The van der Waals surface area contributed by atoms with Gasteiger partial charge < -0.3 is 9.84 Å². The molecule has 1 aromatic heterocycles. The molecule has 0 bridgehead atoms. The number of rotatable bonds is 8. The number of hydrogen-bond donors (Lipinski definition) is 1. The quantitative estimate of drug-likeness (QED) is 0.722. The molecule has 0 amide bonds. The summed E-state index contributed by atoms with van der Waals surface area (Å²) in [6.45, 7) is 7.13. The van der Waals surface area contributed by atoms with E-state index < -0.39 is 5.97 Å². The van der Waals surface area contributed by atoms with Crippen molar-refractivity contribution in [3.05, 3.63) is 11.9 Å². The van der Waals surface area contributed by atoms with E-state index in [9.17, 15) is 4.79 Å². The number of carboxylic acid groups (broad SMARTS) is 1. The van der Waals surface area contributed by atoms with Crippen LogP contribution in [0.2, 0.25) is 0 Å². The summed E-state index contributed by atoms with van der Waals surface area (Å²) in [5, 5.41) is 16.1. The first-order valence-electron chi connectivity index (χ1n) is 5.91. The van der Waals surface area contributed by atoms with Crippen LogP contribution >= 0.6 is 0 Å². The lowest BCUT2D eigenvalue weighted by Gasteiger charge is -2.25. The Morgan fingerprint density at radius 3 is 2.78 bits per heavy atom. The molecule has 0 aliphatic heterocycles. The maximum atomic E-state index is 10.7. The molecule has 0 spiro atoms. The third kappa shape index (κ3) is 4.42. The summed E-state index contributed by atoms with van der Waals surface area (Å²) in [6.07, 6.45) is 1.44. The molecule has 0 unspecified atom stereocenters. The Hall–Kier alpha value is -1.47. The molecule has 0 atom stereocenters. The number of ether oxygens (including phenoxy) is 1. The van der Waals surface area contributed by atoms with Gasteiger partial charge in [-0.2, -0.15) is 0 Å². The highest BCUT2D eigenvalue weighted by Crippen LogP contribution is 2.00. The van der Waals surface area contributed by atoms with Gasteiger partial charge in [-0.25, -0.2) is 4.79 Å². The zero-order chi connectivity index (χ0) is 13.5. The smallest absolute Gasteiger partial charge is 0.358 e. The summed E-state index contributed by atoms with van der Waals surface area (Å²) in [5.74, 6) is -1.05. The van der Waals surface area contributed by atoms with Crippen molar-refractivity contribution in [2.45, 2.75) is 26.4 Å².